The lowest BCUT2D eigenvalue weighted by Crippen LogP contribution is -2.13. The summed E-state index contributed by atoms with van der Waals surface area (Å²) in [5.41, 5.74) is 4.52. The Morgan fingerprint density at radius 3 is 2.48 bits per heavy atom. The fraction of sp³-hybridized carbons (Fsp3) is 0.125. The van der Waals surface area contributed by atoms with E-state index in [2.05, 4.69) is 81.4 Å². The second-order valence-electron chi connectivity index (χ2n) is 6.97. The average Bonchev–Trinajstić information content (AvgIpc) is 3.08. The lowest BCUT2D eigenvalue weighted by atomic mass is 10.1. The van der Waals surface area contributed by atoms with Crippen LogP contribution in [0.3, 0.4) is 0 Å². The van der Waals surface area contributed by atoms with Crippen molar-refractivity contribution in [3.8, 4) is 0 Å². The molecule has 4 aromatic rings. The van der Waals surface area contributed by atoms with Crippen LogP contribution in [0.2, 0.25) is 0 Å². The average molecular weight is 465 g/mol. The molecule has 0 spiro atoms. The molecule has 0 atom stereocenters. The quantitative estimate of drug-likeness (QED) is 0.330. The zero-order valence-corrected chi connectivity index (χ0v) is 18.5. The Kier molecular flexibility index (Phi) is 6.07. The van der Waals surface area contributed by atoms with Gasteiger partial charge in [0.1, 0.15) is 0 Å². The third-order valence-electron chi connectivity index (χ3n) is 4.71. The van der Waals surface area contributed by atoms with Crippen molar-refractivity contribution in [2.24, 2.45) is 0 Å². The first-order valence-corrected chi connectivity index (χ1v) is 11.2. The van der Waals surface area contributed by atoms with Crippen molar-refractivity contribution in [3.63, 3.8) is 0 Å². The predicted octanol–water partition coefficient (Wildman–Crippen LogP) is 6.49. The molecule has 0 saturated carbocycles. The first kappa shape index (κ1) is 19.8. The highest BCUT2D eigenvalue weighted by molar-refractivity contribution is 9.10. The summed E-state index contributed by atoms with van der Waals surface area (Å²) in [5, 5.41) is 4.13. The summed E-state index contributed by atoms with van der Waals surface area (Å²) in [6.45, 7) is 2.91. The van der Waals surface area contributed by atoms with Crippen LogP contribution < -0.4 is 5.32 Å². The molecule has 0 aliphatic heterocycles. The summed E-state index contributed by atoms with van der Waals surface area (Å²) in [5.74, 6) is 0.363. The van der Waals surface area contributed by atoms with Crippen LogP contribution in [-0.2, 0) is 11.3 Å². The Morgan fingerprint density at radius 1 is 1.00 bits per heavy atom. The second-order valence-corrected chi connectivity index (χ2v) is 8.90. The molecule has 146 valence electrons. The number of benzene rings is 3. The van der Waals surface area contributed by atoms with Gasteiger partial charge in [0.15, 0.2) is 0 Å². The van der Waals surface area contributed by atoms with E-state index in [-0.39, 0.29) is 5.91 Å². The van der Waals surface area contributed by atoms with Crippen molar-refractivity contribution >= 4 is 50.2 Å². The summed E-state index contributed by atoms with van der Waals surface area (Å²) in [6.07, 6.45) is 2.15. The Morgan fingerprint density at radius 2 is 1.72 bits per heavy atom. The van der Waals surface area contributed by atoms with Gasteiger partial charge >= 0.3 is 0 Å². The number of aryl methyl sites for hydroxylation is 1. The Balaban J connectivity index is 1.49. The van der Waals surface area contributed by atoms with Crippen LogP contribution >= 0.6 is 27.7 Å². The van der Waals surface area contributed by atoms with Gasteiger partial charge in [-0.25, -0.2) is 0 Å². The third-order valence-corrected chi connectivity index (χ3v) is 6.28. The second kappa shape index (κ2) is 8.89. The molecule has 0 aliphatic carbocycles. The van der Waals surface area contributed by atoms with Gasteiger partial charge < -0.3 is 9.88 Å². The summed E-state index contributed by atoms with van der Waals surface area (Å²) in [7, 11) is 0. The summed E-state index contributed by atoms with van der Waals surface area (Å²) in [4.78, 5) is 13.5. The van der Waals surface area contributed by atoms with Gasteiger partial charge in [0, 0.05) is 38.7 Å². The molecule has 0 bridgehead atoms. The largest absolute Gasteiger partial charge is 0.342 e. The van der Waals surface area contributed by atoms with Crippen molar-refractivity contribution in [3.05, 3.63) is 94.6 Å². The molecule has 4 rings (SSSR count). The molecular formula is C24H21BrN2OS. The Bertz CT molecular complexity index is 1130. The van der Waals surface area contributed by atoms with Gasteiger partial charge in [0.2, 0.25) is 5.91 Å². The van der Waals surface area contributed by atoms with Crippen LogP contribution in [0.15, 0.2) is 88.4 Å². The topological polar surface area (TPSA) is 34.0 Å². The summed E-state index contributed by atoms with van der Waals surface area (Å²) < 4.78 is 3.25. The number of nitrogens with one attached hydrogen (secondary N) is 1. The number of rotatable bonds is 6. The van der Waals surface area contributed by atoms with Crippen molar-refractivity contribution in [1.82, 2.24) is 4.57 Å². The minimum atomic E-state index is -0.00677. The van der Waals surface area contributed by atoms with Crippen LogP contribution in [0.1, 0.15) is 11.1 Å². The van der Waals surface area contributed by atoms with E-state index in [0.717, 1.165) is 21.6 Å². The van der Waals surface area contributed by atoms with E-state index >= 15 is 0 Å². The molecule has 1 heterocycles. The molecule has 5 heteroatoms. The zero-order valence-electron chi connectivity index (χ0n) is 16.1. The summed E-state index contributed by atoms with van der Waals surface area (Å²) in [6, 6.07) is 24.6. The Labute approximate surface area is 183 Å². The molecular weight excluding hydrogens is 444 g/mol. The first-order chi connectivity index (χ1) is 14.1. The SMILES string of the molecule is Cc1ccc(Cn2cc(SCC(=O)Nc3ccc(Br)cc3)c3ccccc32)cc1. The van der Waals surface area contributed by atoms with Gasteiger partial charge in [-0.2, -0.15) is 0 Å². The van der Waals surface area contributed by atoms with Gasteiger partial charge in [0.05, 0.1) is 5.75 Å². The van der Waals surface area contributed by atoms with Gasteiger partial charge in [-0.3, -0.25) is 4.79 Å². The van der Waals surface area contributed by atoms with E-state index in [0.29, 0.717) is 5.75 Å². The molecule has 0 saturated heterocycles. The number of nitrogens with zero attached hydrogens (tertiary/aromatic N) is 1. The van der Waals surface area contributed by atoms with Crippen molar-refractivity contribution in [1.29, 1.82) is 0 Å². The van der Waals surface area contributed by atoms with Crippen LogP contribution in [0.25, 0.3) is 10.9 Å². The van der Waals surface area contributed by atoms with Crippen molar-refractivity contribution in [2.45, 2.75) is 18.4 Å². The van der Waals surface area contributed by atoms with Gasteiger partial charge in [0.25, 0.3) is 0 Å². The van der Waals surface area contributed by atoms with Gasteiger partial charge in [-0.05, 0) is 42.8 Å². The highest BCUT2D eigenvalue weighted by atomic mass is 79.9. The monoisotopic (exact) mass is 464 g/mol. The van der Waals surface area contributed by atoms with Crippen LogP contribution in [0, 0.1) is 6.92 Å². The molecule has 0 unspecified atom stereocenters. The number of thioether (sulfide) groups is 1. The highest BCUT2D eigenvalue weighted by Gasteiger charge is 2.11. The number of fused-ring (bicyclic) bond motifs is 1. The predicted molar refractivity (Wildman–Crippen MR) is 126 cm³/mol. The normalized spacial score (nSPS) is 11.0. The number of hydrogen-bond donors (Lipinski definition) is 1. The van der Waals surface area contributed by atoms with Crippen molar-refractivity contribution < 1.29 is 4.79 Å². The number of hydrogen-bond acceptors (Lipinski definition) is 2. The van der Waals surface area contributed by atoms with E-state index in [9.17, 15) is 4.79 Å². The molecule has 3 aromatic carbocycles. The molecule has 3 nitrogen and oxygen atoms in total. The van der Waals surface area contributed by atoms with Gasteiger partial charge in [-0.1, -0.05) is 64.0 Å². The number of amides is 1. The number of halogens is 1. The van der Waals surface area contributed by atoms with Crippen LogP contribution in [-0.4, -0.2) is 16.2 Å². The lowest BCUT2D eigenvalue weighted by molar-refractivity contribution is -0.113. The first-order valence-electron chi connectivity index (χ1n) is 9.40. The van der Waals surface area contributed by atoms with Crippen LogP contribution in [0.4, 0.5) is 5.69 Å². The maximum absolute atomic E-state index is 12.4. The fourth-order valence-corrected chi connectivity index (χ4v) is 4.38. The number of aromatic nitrogens is 1. The maximum Gasteiger partial charge on any atom is 0.234 e. The van der Waals surface area contributed by atoms with Crippen molar-refractivity contribution in [2.75, 3.05) is 11.1 Å². The van der Waals surface area contributed by atoms with Gasteiger partial charge in [-0.15, -0.1) is 11.8 Å². The molecule has 0 radical (unpaired) electrons. The number of carbonyl (C=O) groups excluding carboxylic acids is 1. The fourth-order valence-electron chi connectivity index (χ4n) is 3.22. The third kappa shape index (κ3) is 4.92. The Hall–Kier alpha value is -2.50. The molecule has 1 amide bonds. The van der Waals surface area contributed by atoms with E-state index < -0.39 is 0 Å². The van der Waals surface area contributed by atoms with E-state index in [4.69, 9.17) is 0 Å². The van der Waals surface area contributed by atoms with E-state index in [1.165, 1.54) is 22.0 Å². The maximum atomic E-state index is 12.4. The van der Waals surface area contributed by atoms with Crippen LogP contribution in [0.5, 0.6) is 0 Å². The molecule has 1 aromatic heterocycles. The van der Waals surface area contributed by atoms with E-state index in [1.54, 1.807) is 11.8 Å². The zero-order chi connectivity index (χ0) is 20.2. The number of para-hydroxylation sites is 1. The standard InChI is InChI=1S/C24H21BrN2OS/c1-17-6-8-18(9-7-17)14-27-15-23(21-4-2-3-5-22(21)27)29-16-24(28)26-20-12-10-19(25)11-13-20/h2-13,15H,14,16H2,1H3,(H,26,28). The number of anilines is 1. The number of carbonyl (C=O) groups is 1. The molecule has 0 fully saturated rings. The highest BCUT2D eigenvalue weighted by Crippen LogP contribution is 2.30. The molecule has 1 N–H and O–H groups in total. The minimum absolute atomic E-state index is 0.00677. The molecule has 29 heavy (non-hydrogen) atoms. The molecule has 0 aliphatic rings. The summed E-state index contributed by atoms with van der Waals surface area (Å²) >= 11 is 4.98. The lowest BCUT2D eigenvalue weighted by Gasteiger charge is -2.06. The minimum Gasteiger partial charge on any atom is -0.342 e. The smallest absolute Gasteiger partial charge is 0.234 e. The van der Waals surface area contributed by atoms with E-state index in [1.807, 2.05) is 30.3 Å².